The van der Waals surface area contributed by atoms with E-state index >= 15 is 0 Å². The van der Waals surface area contributed by atoms with E-state index in [4.69, 9.17) is 9.84 Å². The van der Waals surface area contributed by atoms with Gasteiger partial charge in [0.1, 0.15) is 42.1 Å². The van der Waals surface area contributed by atoms with Gasteiger partial charge >= 0.3 is 10.3 Å². The Morgan fingerprint density at radius 1 is 0.802 bits per heavy atom. The number of methoxy groups -OCH3 is 1. The number of hydrogen-bond donors (Lipinski definition) is 1. The molecule has 3 aromatic heterocycles. The van der Waals surface area contributed by atoms with E-state index < -0.39 is 10.4 Å². The number of hydrogen-bond acceptors (Lipinski definition) is 15. The number of azo groups is 2. The minimum absolute atomic E-state index is 0. The predicted octanol–water partition coefficient (Wildman–Crippen LogP) is 6.34. The van der Waals surface area contributed by atoms with Crippen LogP contribution in [0.1, 0.15) is 31.9 Å². The monoisotopic (exact) mass is 1190 g/mol. The molecule has 10 rings (SSSR count). The molecule has 17 nitrogen and oxygen atoms in total. The fraction of sp³-hybridized carbons (Fsp3) is 0.254. The third-order valence-corrected chi connectivity index (χ3v) is 15.6. The molecule has 0 fully saturated rings. The zero-order valence-corrected chi connectivity index (χ0v) is 51.1. The van der Waals surface area contributed by atoms with E-state index in [0.29, 0.717) is 6.54 Å². The maximum absolute atomic E-state index is 9.22. The quantitative estimate of drug-likeness (QED) is 0.0327. The van der Waals surface area contributed by atoms with E-state index in [1.807, 2.05) is 120 Å². The van der Waals surface area contributed by atoms with E-state index in [9.17, 15) is 13.0 Å². The highest BCUT2D eigenvalue weighted by molar-refractivity contribution is 7.80. The summed E-state index contributed by atoms with van der Waals surface area (Å²) in [7, 11) is 8.20. The molecule has 1 aliphatic rings. The van der Waals surface area contributed by atoms with Crippen molar-refractivity contribution in [3.05, 3.63) is 168 Å². The van der Waals surface area contributed by atoms with Crippen LogP contribution < -0.4 is 48.6 Å². The van der Waals surface area contributed by atoms with Crippen LogP contribution >= 0.6 is 22.7 Å². The maximum atomic E-state index is 9.22. The zero-order chi connectivity index (χ0) is 56.9. The number of hydrazone groups is 1. The first-order chi connectivity index (χ1) is 37.9. The first-order valence-corrected chi connectivity index (χ1v) is 28.3. The molecule has 0 bridgehead atoms. The molecular formula is C59H67Cl2N11O6S3. The second-order valence-corrected chi connectivity index (χ2v) is 21.7. The summed E-state index contributed by atoms with van der Waals surface area (Å²) < 4.78 is 45.8. The Morgan fingerprint density at radius 2 is 1.43 bits per heavy atom. The van der Waals surface area contributed by atoms with Gasteiger partial charge in [-0.15, -0.1) is 0 Å². The number of aromatic nitrogens is 3. The van der Waals surface area contributed by atoms with Gasteiger partial charge in [-0.25, -0.2) is 17.6 Å². The molecule has 81 heavy (non-hydrogen) atoms. The van der Waals surface area contributed by atoms with Gasteiger partial charge in [0.15, 0.2) is 0 Å². The first kappa shape index (κ1) is 64.5. The first-order valence-electron chi connectivity index (χ1n) is 25.3. The van der Waals surface area contributed by atoms with Gasteiger partial charge in [0.2, 0.25) is 21.8 Å². The molecule has 0 aliphatic carbocycles. The Morgan fingerprint density at radius 3 is 2.05 bits per heavy atom. The summed E-state index contributed by atoms with van der Waals surface area (Å²) in [5, 5.41) is 38.4. The van der Waals surface area contributed by atoms with Gasteiger partial charge in [0, 0.05) is 66.9 Å². The van der Waals surface area contributed by atoms with Gasteiger partial charge < -0.3 is 48.7 Å². The van der Waals surface area contributed by atoms with Crippen molar-refractivity contribution in [2.24, 2.45) is 46.7 Å². The van der Waals surface area contributed by atoms with Gasteiger partial charge in [-0.05, 0) is 115 Å². The molecule has 0 atom stereocenters. The molecule has 0 unspecified atom stereocenters. The lowest BCUT2D eigenvalue weighted by Crippen LogP contribution is -3.00. The largest absolute Gasteiger partial charge is 1.00 e. The molecule has 0 spiro atoms. The standard InChI is InChI=1S/C20H24N3.C19H23N4O2S.C19H17N4S.CH4O4S.2ClH/c1-15-10-12-16(13-11-15)23(5)21-14-19-20(2,3)17-8-6-7-9-18(17)22(19)4;1-4-23(11-12-24)15-7-5-14(6-8-15)20-21-19-22(2)17-10-9-16(25-3)13-18(17)26-19;1-22-12-13-24-19(22)21-20-17-15-10-6-7-11-16(15)23(2)18(17)14-8-4-3-5-9-14;1-5-6(2,3)4;;/h6-14H,1-5H3;5-10,13,24H,4,11-12H2,1-3H3;3-13H,1-2H3;1H3,(H,2,3,4);2*1H/q3*+1;;;/p-3. The minimum atomic E-state index is -4.41. The molecular weight excluding hydrogens is 1130 g/mol. The number of halogens is 2. The maximum Gasteiger partial charge on any atom is 0.409 e. The summed E-state index contributed by atoms with van der Waals surface area (Å²) in [6, 6.07) is 49.5. The van der Waals surface area contributed by atoms with E-state index in [1.165, 1.54) is 22.5 Å². The molecule has 22 heteroatoms. The Hall–Kier alpha value is -7.27. The van der Waals surface area contributed by atoms with Crippen molar-refractivity contribution < 1.29 is 65.5 Å². The highest BCUT2D eigenvalue weighted by Gasteiger charge is 2.43. The number of fused-ring (bicyclic) bond motifs is 3. The number of aliphatic hydroxyl groups excluding tert-OH is 1. The van der Waals surface area contributed by atoms with Crippen molar-refractivity contribution >= 4 is 105 Å². The van der Waals surface area contributed by atoms with Gasteiger partial charge in [0.25, 0.3) is 0 Å². The van der Waals surface area contributed by atoms with Crippen molar-refractivity contribution in [1.29, 1.82) is 0 Å². The number of aryl methyl sites for hydroxylation is 4. The fourth-order valence-corrected chi connectivity index (χ4v) is 10.6. The molecule has 426 valence electrons. The smallest absolute Gasteiger partial charge is 0.409 e. The topological polar surface area (TPSA) is 180 Å². The summed E-state index contributed by atoms with van der Waals surface area (Å²) in [4.78, 5) is 2.11. The number of aliphatic hydroxyl groups is 1. The third kappa shape index (κ3) is 16.0. The lowest BCUT2D eigenvalue weighted by Gasteiger charge is -2.21. The number of anilines is 2. The summed E-state index contributed by atoms with van der Waals surface area (Å²) >= 11 is 3.16. The number of para-hydroxylation sites is 2. The van der Waals surface area contributed by atoms with Crippen LogP contribution in [0, 0.1) is 6.92 Å². The number of benzene rings is 6. The van der Waals surface area contributed by atoms with Gasteiger partial charge in [-0.2, -0.15) is 9.68 Å². The summed E-state index contributed by atoms with van der Waals surface area (Å²) in [6.45, 7) is 10.3. The molecule has 0 saturated heterocycles. The summed E-state index contributed by atoms with van der Waals surface area (Å²) in [5.74, 6) is 0.835. The van der Waals surface area contributed by atoms with Gasteiger partial charge in [-0.3, -0.25) is 9.19 Å². The van der Waals surface area contributed by atoms with Crippen LogP contribution in [0.5, 0.6) is 5.75 Å². The number of thiazole rings is 2. The molecule has 9 aromatic rings. The second kappa shape index (κ2) is 29.4. The summed E-state index contributed by atoms with van der Waals surface area (Å²) in [5.41, 5.74) is 13.4. The lowest BCUT2D eigenvalue weighted by molar-refractivity contribution is -0.654. The van der Waals surface area contributed by atoms with Crippen molar-refractivity contribution in [3.63, 3.8) is 0 Å². The van der Waals surface area contributed by atoms with Gasteiger partial charge in [-0.1, -0.05) is 84.4 Å². The van der Waals surface area contributed by atoms with Crippen LogP contribution in [-0.4, -0.2) is 87.2 Å². The van der Waals surface area contributed by atoms with E-state index in [0.717, 1.165) is 84.8 Å². The Balaban J connectivity index is 0.000000210. The normalized spacial score (nSPS) is 12.5. The Kier molecular flexibility index (Phi) is 23.5. The van der Waals surface area contributed by atoms with E-state index in [2.05, 4.69) is 164 Å². The molecule has 1 N–H and O–H groups in total. The SMILES string of the molecule is CCN(CCO)c1ccc(N=Nc2sc3cc(OC)ccc3[n+]2C)cc1.COS(=O)(=O)[O-].Cc1ccc(N(C)/N=C/C2=[N+](C)c3ccccc3C2(C)C)cc1.Cn1c(-c2ccccc2)c(N=Nc2scc[n+]2C)c2ccccc21.[Cl-].[Cl-]. The second-order valence-electron chi connectivity index (χ2n) is 18.7. The van der Waals surface area contributed by atoms with Crippen molar-refractivity contribution in [2.75, 3.05) is 57.9 Å². The van der Waals surface area contributed by atoms with Crippen molar-refractivity contribution in [1.82, 2.24) is 4.57 Å². The van der Waals surface area contributed by atoms with Gasteiger partial charge in [0.05, 0.1) is 72.2 Å². The van der Waals surface area contributed by atoms with E-state index in [-0.39, 0.29) is 36.8 Å². The van der Waals surface area contributed by atoms with E-state index in [1.54, 1.807) is 29.8 Å². The van der Waals surface area contributed by atoms with Crippen LogP contribution in [0.3, 0.4) is 0 Å². The van der Waals surface area contributed by atoms with Crippen LogP contribution in [0.15, 0.2) is 183 Å². The molecule has 1 aliphatic heterocycles. The number of likely N-dealkylation sites (N-methyl/N-ethyl adjacent to an activating group) is 1. The Labute approximate surface area is 494 Å². The number of nitrogens with zero attached hydrogens (tertiary/aromatic N) is 11. The van der Waals surface area contributed by atoms with Crippen molar-refractivity contribution in [2.45, 2.75) is 33.1 Å². The van der Waals surface area contributed by atoms with Crippen LogP contribution in [-0.2, 0) is 41.1 Å². The zero-order valence-electron chi connectivity index (χ0n) is 47.1. The molecule has 4 heterocycles. The summed E-state index contributed by atoms with van der Waals surface area (Å²) in [6.07, 6.45) is 3.97. The van der Waals surface area contributed by atoms with Crippen LogP contribution in [0.4, 0.5) is 38.7 Å². The molecule has 0 amide bonds. The highest BCUT2D eigenvalue weighted by atomic mass is 35.5. The Bertz CT molecular complexity index is 3750. The van der Waals surface area contributed by atoms with Crippen LogP contribution in [0.25, 0.3) is 32.4 Å². The number of ether oxygens (including phenoxy) is 1. The fourth-order valence-electron chi connectivity index (χ4n) is 8.87. The third-order valence-electron chi connectivity index (χ3n) is 13.3. The lowest BCUT2D eigenvalue weighted by atomic mass is 9.82. The average molecular weight is 1190 g/mol. The predicted molar refractivity (Wildman–Crippen MR) is 318 cm³/mol. The van der Waals surface area contributed by atoms with Crippen LogP contribution in [0.2, 0.25) is 0 Å². The molecule has 0 saturated carbocycles. The van der Waals surface area contributed by atoms with Crippen molar-refractivity contribution in [3.8, 4) is 17.0 Å². The minimum Gasteiger partial charge on any atom is -1.00 e. The highest BCUT2D eigenvalue weighted by Crippen LogP contribution is 2.41. The number of rotatable bonds is 14. The average Bonchev–Trinajstić information content (AvgIpc) is 4.39. The molecule has 0 radical (unpaired) electrons. The molecule has 6 aromatic carbocycles.